The van der Waals surface area contributed by atoms with Gasteiger partial charge in [0.1, 0.15) is 11.6 Å². The van der Waals surface area contributed by atoms with Crippen molar-refractivity contribution < 1.29 is 13.9 Å². The molecule has 0 atom stereocenters. The number of aliphatic hydroxyl groups excluding tert-OH is 1. The van der Waals surface area contributed by atoms with Crippen molar-refractivity contribution in [2.45, 2.75) is 25.4 Å². The average Bonchev–Trinajstić information content (AvgIpc) is 3.36. The Morgan fingerprint density at radius 1 is 1.09 bits per heavy atom. The topological polar surface area (TPSA) is 87.9 Å². The standard InChI is InChI=1S/C25H26F2N6O/c26-21-10-16(11-22(27)20(21)13-29-8-9-34)19-2-1-3-23-25(19)32-24(14-30-23)17-12-31-33(15-17)18-4-6-28-7-5-18/h1-3,10-12,14-15,18,28-29,34H,4-9,13H2. The lowest BCUT2D eigenvalue weighted by Gasteiger charge is -2.22. The molecule has 1 fully saturated rings. The molecule has 7 nitrogen and oxygen atoms in total. The van der Waals surface area contributed by atoms with Gasteiger partial charge < -0.3 is 15.7 Å². The zero-order valence-electron chi connectivity index (χ0n) is 18.6. The van der Waals surface area contributed by atoms with Crippen LogP contribution < -0.4 is 10.6 Å². The fraction of sp³-hybridized carbons (Fsp3) is 0.320. The molecule has 3 N–H and O–H groups in total. The Bertz CT molecular complexity index is 1280. The number of para-hydroxylation sites is 1. The number of hydrogen-bond acceptors (Lipinski definition) is 6. The van der Waals surface area contributed by atoms with E-state index in [1.54, 1.807) is 24.5 Å². The minimum Gasteiger partial charge on any atom is -0.395 e. The van der Waals surface area contributed by atoms with Crippen molar-refractivity contribution in [1.82, 2.24) is 30.4 Å². The summed E-state index contributed by atoms with van der Waals surface area (Å²) in [5.41, 5.74) is 3.65. The van der Waals surface area contributed by atoms with E-state index < -0.39 is 11.6 Å². The van der Waals surface area contributed by atoms with Gasteiger partial charge in [-0.1, -0.05) is 12.1 Å². The third-order valence-electron chi connectivity index (χ3n) is 6.20. The Labute approximate surface area is 195 Å². The first-order chi connectivity index (χ1) is 16.6. The van der Waals surface area contributed by atoms with Gasteiger partial charge in [-0.3, -0.25) is 9.67 Å². The van der Waals surface area contributed by atoms with Gasteiger partial charge in [0.2, 0.25) is 0 Å². The highest BCUT2D eigenvalue weighted by molar-refractivity contribution is 5.92. The molecule has 2 aromatic heterocycles. The molecule has 2 aromatic carbocycles. The Hall–Kier alpha value is -3.27. The number of aromatic nitrogens is 4. The van der Waals surface area contributed by atoms with Gasteiger partial charge in [0.25, 0.3) is 0 Å². The molecule has 0 saturated carbocycles. The number of nitrogens with zero attached hydrogens (tertiary/aromatic N) is 4. The minimum absolute atomic E-state index is 0.000949. The maximum absolute atomic E-state index is 14.8. The third kappa shape index (κ3) is 4.54. The smallest absolute Gasteiger partial charge is 0.131 e. The first-order valence-corrected chi connectivity index (χ1v) is 11.4. The second-order valence-electron chi connectivity index (χ2n) is 8.44. The number of aliphatic hydroxyl groups is 1. The van der Waals surface area contributed by atoms with Crippen molar-refractivity contribution in [3.8, 4) is 22.4 Å². The SMILES string of the molecule is OCCNCc1c(F)cc(-c2cccc3ncc(-c4cnn(C5CCNCC5)c4)nc23)cc1F. The zero-order valence-corrected chi connectivity index (χ0v) is 18.6. The summed E-state index contributed by atoms with van der Waals surface area (Å²) < 4.78 is 31.5. The van der Waals surface area contributed by atoms with Crippen molar-refractivity contribution in [3.63, 3.8) is 0 Å². The molecule has 176 valence electrons. The highest BCUT2D eigenvalue weighted by atomic mass is 19.1. The highest BCUT2D eigenvalue weighted by Gasteiger charge is 2.18. The molecule has 0 radical (unpaired) electrons. The van der Waals surface area contributed by atoms with Gasteiger partial charge in [0, 0.05) is 36.0 Å². The lowest BCUT2D eigenvalue weighted by Crippen LogP contribution is -2.29. The lowest BCUT2D eigenvalue weighted by molar-refractivity contribution is 0.291. The molecule has 4 aromatic rings. The molecule has 0 spiro atoms. The normalized spacial score (nSPS) is 14.7. The Kier molecular flexibility index (Phi) is 6.57. The zero-order chi connectivity index (χ0) is 23.5. The molecule has 5 rings (SSSR count). The predicted octanol–water partition coefficient (Wildman–Crippen LogP) is 3.44. The highest BCUT2D eigenvalue weighted by Crippen LogP contribution is 2.31. The molecule has 34 heavy (non-hydrogen) atoms. The van der Waals surface area contributed by atoms with Gasteiger partial charge in [-0.15, -0.1) is 0 Å². The summed E-state index contributed by atoms with van der Waals surface area (Å²) in [6, 6.07) is 8.41. The van der Waals surface area contributed by atoms with Crippen LogP contribution in [0.5, 0.6) is 0 Å². The number of piperidine rings is 1. The number of halogens is 2. The summed E-state index contributed by atoms with van der Waals surface area (Å²) in [6.07, 6.45) is 7.53. The summed E-state index contributed by atoms with van der Waals surface area (Å²) in [5.74, 6) is -1.30. The number of hydrogen-bond donors (Lipinski definition) is 3. The molecular weight excluding hydrogens is 438 g/mol. The van der Waals surface area contributed by atoms with Crippen molar-refractivity contribution in [1.29, 1.82) is 0 Å². The number of rotatable bonds is 7. The van der Waals surface area contributed by atoms with Crippen LogP contribution in [0.1, 0.15) is 24.4 Å². The van der Waals surface area contributed by atoms with Gasteiger partial charge in [-0.2, -0.15) is 5.10 Å². The van der Waals surface area contributed by atoms with Crippen LogP contribution in [0.2, 0.25) is 0 Å². The Morgan fingerprint density at radius 2 is 1.88 bits per heavy atom. The van der Waals surface area contributed by atoms with E-state index in [2.05, 4.69) is 20.7 Å². The molecule has 0 unspecified atom stereocenters. The van der Waals surface area contributed by atoms with E-state index >= 15 is 0 Å². The largest absolute Gasteiger partial charge is 0.395 e. The quantitative estimate of drug-likeness (QED) is 0.363. The van der Waals surface area contributed by atoms with E-state index in [-0.39, 0.29) is 25.3 Å². The van der Waals surface area contributed by atoms with Crippen LogP contribution in [-0.4, -0.2) is 51.1 Å². The van der Waals surface area contributed by atoms with Crippen LogP contribution in [0, 0.1) is 11.6 Å². The fourth-order valence-corrected chi connectivity index (χ4v) is 4.37. The summed E-state index contributed by atoms with van der Waals surface area (Å²) >= 11 is 0. The monoisotopic (exact) mass is 464 g/mol. The van der Waals surface area contributed by atoms with E-state index in [1.807, 2.05) is 16.9 Å². The van der Waals surface area contributed by atoms with E-state index in [1.165, 1.54) is 12.1 Å². The molecule has 0 aliphatic carbocycles. The first-order valence-electron chi connectivity index (χ1n) is 11.4. The van der Waals surface area contributed by atoms with E-state index in [0.29, 0.717) is 33.9 Å². The van der Waals surface area contributed by atoms with E-state index in [0.717, 1.165) is 31.5 Å². The molecule has 1 aliphatic heterocycles. The van der Waals surface area contributed by atoms with Crippen LogP contribution in [0.15, 0.2) is 48.9 Å². The average molecular weight is 465 g/mol. The van der Waals surface area contributed by atoms with Gasteiger partial charge >= 0.3 is 0 Å². The molecule has 1 aliphatic rings. The van der Waals surface area contributed by atoms with Crippen molar-refractivity contribution in [2.75, 3.05) is 26.2 Å². The van der Waals surface area contributed by atoms with Crippen LogP contribution in [0.25, 0.3) is 33.4 Å². The Balaban J connectivity index is 1.50. The van der Waals surface area contributed by atoms with Crippen molar-refractivity contribution >= 4 is 11.0 Å². The summed E-state index contributed by atoms with van der Waals surface area (Å²) in [4.78, 5) is 9.36. The fourth-order valence-electron chi connectivity index (χ4n) is 4.37. The van der Waals surface area contributed by atoms with Gasteiger partial charge in [0.05, 0.1) is 41.8 Å². The predicted molar refractivity (Wildman–Crippen MR) is 126 cm³/mol. The van der Waals surface area contributed by atoms with Gasteiger partial charge in [-0.25, -0.2) is 13.8 Å². The molecule has 0 amide bonds. The van der Waals surface area contributed by atoms with E-state index in [9.17, 15) is 8.78 Å². The summed E-state index contributed by atoms with van der Waals surface area (Å²) in [6.45, 7) is 2.11. The Morgan fingerprint density at radius 3 is 2.65 bits per heavy atom. The van der Waals surface area contributed by atoms with Crippen molar-refractivity contribution in [2.24, 2.45) is 0 Å². The maximum Gasteiger partial charge on any atom is 0.131 e. The third-order valence-corrected chi connectivity index (χ3v) is 6.20. The second-order valence-corrected chi connectivity index (χ2v) is 8.44. The molecule has 9 heteroatoms. The number of nitrogens with one attached hydrogen (secondary N) is 2. The second kappa shape index (κ2) is 9.92. The molecule has 0 bridgehead atoms. The molecule has 3 heterocycles. The summed E-state index contributed by atoms with van der Waals surface area (Å²) in [5, 5.41) is 19.6. The van der Waals surface area contributed by atoms with Crippen LogP contribution in [0.4, 0.5) is 8.78 Å². The van der Waals surface area contributed by atoms with Crippen LogP contribution in [-0.2, 0) is 6.54 Å². The minimum atomic E-state index is -0.648. The number of benzene rings is 2. The van der Waals surface area contributed by atoms with Crippen LogP contribution >= 0.6 is 0 Å². The van der Waals surface area contributed by atoms with Crippen LogP contribution in [0.3, 0.4) is 0 Å². The van der Waals surface area contributed by atoms with Crippen molar-refractivity contribution in [3.05, 3.63) is 66.1 Å². The van der Waals surface area contributed by atoms with Gasteiger partial charge in [0.15, 0.2) is 0 Å². The first kappa shape index (κ1) is 22.5. The number of fused-ring (bicyclic) bond motifs is 1. The lowest BCUT2D eigenvalue weighted by atomic mass is 10.0. The van der Waals surface area contributed by atoms with E-state index in [4.69, 9.17) is 10.1 Å². The maximum atomic E-state index is 14.8. The summed E-state index contributed by atoms with van der Waals surface area (Å²) in [7, 11) is 0. The molecule has 1 saturated heterocycles. The molecular formula is C25H26F2N6O. The van der Waals surface area contributed by atoms with Gasteiger partial charge in [-0.05, 0) is 49.7 Å².